The molecule has 158 valence electrons. The average Bonchev–Trinajstić information content (AvgIpc) is 3.12. The molecular weight excluding hydrogens is 392 g/mol. The van der Waals surface area contributed by atoms with Crippen LogP contribution in [0.4, 0.5) is 0 Å². The maximum Gasteiger partial charge on any atom is 0.322 e. The van der Waals surface area contributed by atoms with Crippen LogP contribution in [-0.2, 0) is 24.0 Å². The van der Waals surface area contributed by atoms with E-state index in [1.165, 1.54) is 4.90 Å². The SMILES string of the molecule is CSCCC(N)C(=O)N1CCCC1C(=O)NC(CC(=O)O)C(=O)NCC(=O)O. The second-order valence-electron chi connectivity index (χ2n) is 6.35. The maximum atomic E-state index is 12.6. The molecular formula is C16H26N4O7S. The predicted octanol–water partition coefficient (Wildman–Crippen LogP) is -1.78. The standard InChI is InChI=1S/C16H26N4O7S/c1-28-6-4-9(17)16(27)20-5-2-3-11(20)15(26)19-10(7-12(21)22)14(25)18-8-13(23)24/h9-11H,2-8,17H2,1H3,(H,18,25)(H,19,26)(H,21,22)(H,23,24). The molecule has 0 radical (unpaired) electrons. The number of hydrogen-bond donors (Lipinski definition) is 5. The van der Waals surface area contributed by atoms with E-state index in [2.05, 4.69) is 5.32 Å². The number of nitrogens with one attached hydrogen (secondary N) is 2. The van der Waals surface area contributed by atoms with E-state index in [-0.39, 0.29) is 5.91 Å². The number of aliphatic carboxylic acids is 2. The van der Waals surface area contributed by atoms with Crippen LogP contribution in [0.25, 0.3) is 0 Å². The Bertz CT molecular complexity index is 616. The van der Waals surface area contributed by atoms with E-state index in [1.807, 2.05) is 11.6 Å². The average molecular weight is 418 g/mol. The summed E-state index contributed by atoms with van der Waals surface area (Å²) in [7, 11) is 0. The summed E-state index contributed by atoms with van der Waals surface area (Å²) < 4.78 is 0. The van der Waals surface area contributed by atoms with E-state index < -0.39 is 54.8 Å². The van der Waals surface area contributed by atoms with Gasteiger partial charge in [0.05, 0.1) is 12.5 Å². The molecule has 0 aliphatic carbocycles. The molecule has 1 fully saturated rings. The second-order valence-corrected chi connectivity index (χ2v) is 7.33. The molecule has 1 aliphatic rings. The van der Waals surface area contributed by atoms with Crippen molar-refractivity contribution >= 4 is 41.4 Å². The molecule has 1 aliphatic heterocycles. The van der Waals surface area contributed by atoms with Gasteiger partial charge in [-0.05, 0) is 31.3 Å². The van der Waals surface area contributed by atoms with Gasteiger partial charge in [-0.1, -0.05) is 0 Å². The van der Waals surface area contributed by atoms with Gasteiger partial charge in [-0.2, -0.15) is 11.8 Å². The first-order chi connectivity index (χ1) is 13.2. The Labute approximate surface area is 166 Å². The van der Waals surface area contributed by atoms with Gasteiger partial charge in [-0.3, -0.25) is 24.0 Å². The van der Waals surface area contributed by atoms with E-state index in [0.29, 0.717) is 31.6 Å². The summed E-state index contributed by atoms with van der Waals surface area (Å²) in [5, 5.41) is 21.9. The van der Waals surface area contributed by atoms with Gasteiger partial charge >= 0.3 is 11.9 Å². The fourth-order valence-corrected chi connectivity index (χ4v) is 3.31. The maximum absolute atomic E-state index is 12.6. The van der Waals surface area contributed by atoms with Crippen molar-refractivity contribution in [1.82, 2.24) is 15.5 Å². The first kappa shape index (κ1) is 23.7. The number of carbonyl (C=O) groups is 5. The molecule has 3 unspecified atom stereocenters. The molecule has 0 saturated carbocycles. The van der Waals surface area contributed by atoms with Crippen LogP contribution in [0.15, 0.2) is 0 Å². The summed E-state index contributed by atoms with van der Waals surface area (Å²) in [6.07, 6.45) is 2.58. The lowest BCUT2D eigenvalue weighted by Gasteiger charge is -2.28. The van der Waals surface area contributed by atoms with Crippen LogP contribution in [0, 0.1) is 0 Å². The smallest absolute Gasteiger partial charge is 0.322 e. The molecule has 0 spiro atoms. The third-order valence-electron chi connectivity index (χ3n) is 4.21. The summed E-state index contributed by atoms with van der Waals surface area (Å²) >= 11 is 1.55. The highest BCUT2D eigenvalue weighted by atomic mass is 32.2. The number of rotatable bonds is 11. The van der Waals surface area contributed by atoms with Gasteiger partial charge in [0.1, 0.15) is 18.6 Å². The van der Waals surface area contributed by atoms with Gasteiger partial charge in [-0.25, -0.2) is 0 Å². The zero-order valence-electron chi connectivity index (χ0n) is 15.6. The molecule has 0 aromatic carbocycles. The minimum atomic E-state index is -1.45. The number of thioether (sulfide) groups is 1. The zero-order valence-corrected chi connectivity index (χ0v) is 16.4. The lowest BCUT2D eigenvalue weighted by molar-refractivity contribution is -0.143. The van der Waals surface area contributed by atoms with Crippen molar-refractivity contribution in [3.05, 3.63) is 0 Å². The van der Waals surface area contributed by atoms with Crippen LogP contribution < -0.4 is 16.4 Å². The largest absolute Gasteiger partial charge is 0.481 e. The number of carbonyl (C=O) groups excluding carboxylic acids is 3. The van der Waals surface area contributed by atoms with Crippen molar-refractivity contribution in [1.29, 1.82) is 0 Å². The number of nitrogens with two attached hydrogens (primary N) is 1. The van der Waals surface area contributed by atoms with Gasteiger partial charge in [0, 0.05) is 6.54 Å². The highest BCUT2D eigenvalue weighted by Crippen LogP contribution is 2.19. The van der Waals surface area contributed by atoms with Crippen LogP contribution in [0.2, 0.25) is 0 Å². The fraction of sp³-hybridized carbons (Fsp3) is 0.688. The molecule has 0 aromatic rings. The number of likely N-dealkylation sites (tertiary alicyclic amines) is 1. The van der Waals surface area contributed by atoms with Crippen LogP contribution >= 0.6 is 11.8 Å². The lowest BCUT2D eigenvalue weighted by Crippen LogP contribution is -2.56. The molecule has 11 nitrogen and oxygen atoms in total. The molecule has 3 amide bonds. The Morgan fingerprint density at radius 1 is 1.21 bits per heavy atom. The summed E-state index contributed by atoms with van der Waals surface area (Å²) in [4.78, 5) is 60.0. The van der Waals surface area contributed by atoms with E-state index in [4.69, 9.17) is 15.9 Å². The van der Waals surface area contributed by atoms with Crippen molar-refractivity contribution in [3.63, 3.8) is 0 Å². The summed E-state index contributed by atoms with van der Waals surface area (Å²) in [6.45, 7) is -0.359. The van der Waals surface area contributed by atoms with Crippen LogP contribution in [0.3, 0.4) is 0 Å². The quantitative estimate of drug-likeness (QED) is 0.259. The number of carboxylic acids is 2. The Hall–Kier alpha value is -2.34. The number of hydrogen-bond acceptors (Lipinski definition) is 7. The van der Waals surface area contributed by atoms with Crippen LogP contribution in [0.5, 0.6) is 0 Å². The van der Waals surface area contributed by atoms with E-state index in [1.54, 1.807) is 11.8 Å². The molecule has 12 heteroatoms. The molecule has 1 saturated heterocycles. The molecule has 1 rings (SSSR count). The van der Waals surface area contributed by atoms with Crippen molar-refractivity contribution in [2.75, 3.05) is 25.1 Å². The van der Waals surface area contributed by atoms with Gasteiger partial charge < -0.3 is 31.5 Å². The number of amides is 3. The lowest BCUT2D eigenvalue weighted by atomic mass is 10.1. The van der Waals surface area contributed by atoms with Crippen molar-refractivity contribution in [3.8, 4) is 0 Å². The van der Waals surface area contributed by atoms with Crippen LogP contribution in [0.1, 0.15) is 25.7 Å². The predicted molar refractivity (Wildman–Crippen MR) is 101 cm³/mol. The molecule has 6 N–H and O–H groups in total. The van der Waals surface area contributed by atoms with Gasteiger partial charge in [0.25, 0.3) is 0 Å². The van der Waals surface area contributed by atoms with Crippen molar-refractivity contribution < 1.29 is 34.2 Å². The van der Waals surface area contributed by atoms with E-state index in [0.717, 1.165) is 0 Å². The summed E-state index contributed by atoms with van der Waals surface area (Å²) in [5.74, 6) is -3.90. The first-order valence-electron chi connectivity index (χ1n) is 8.74. The van der Waals surface area contributed by atoms with E-state index in [9.17, 15) is 24.0 Å². The second kappa shape index (κ2) is 11.5. The van der Waals surface area contributed by atoms with Gasteiger partial charge in [0.15, 0.2) is 0 Å². The third kappa shape index (κ3) is 7.35. The van der Waals surface area contributed by atoms with E-state index >= 15 is 0 Å². The number of nitrogens with zero attached hydrogens (tertiary/aromatic N) is 1. The normalized spacial score (nSPS) is 18.2. The van der Waals surface area contributed by atoms with Crippen molar-refractivity contribution in [2.24, 2.45) is 5.73 Å². The summed E-state index contributed by atoms with van der Waals surface area (Å²) in [6, 6.07) is -3.04. The topological polar surface area (TPSA) is 179 Å². The summed E-state index contributed by atoms with van der Waals surface area (Å²) in [5.41, 5.74) is 5.90. The van der Waals surface area contributed by atoms with Crippen LogP contribution in [-0.4, -0.2) is 88.0 Å². The monoisotopic (exact) mass is 418 g/mol. The first-order valence-corrected chi connectivity index (χ1v) is 10.1. The molecule has 0 aromatic heterocycles. The van der Waals surface area contributed by atoms with Gasteiger partial charge in [0.2, 0.25) is 17.7 Å². The molecule has 1 heterocycles. The minimum Gasteiger partial charge on any atom is -0.481 e. The molecule has 0 bridgehead atoms. The minimum absolute atomic E-state index is 0.346. The Morgan fingerprint density at radius 2 is 1.89 bits per heavy atom. The highest BCUT2D eigenvalue weighted by Gasteiger charge is 2.37. The van der Waals surface area contributed by atoms with Crippen molar-refractivity contribution in [2.45, 2.75) is 43.8 Å². The highest BCUT2D eigenvalue weighted by molar-refractivity contribution is 7.98. The van der Waals surface area contributed by atoms with Gasteiger partial charge in [-0.15, -0.1) is 0 Å². The molecule has 28 heavy (non-hydrogen) atoms. The number of carboxylic acid groups (broad SMARTS) is 2. The fourth-order valence-electron chi connectivity index (χ4n) is 2.82. The molecule has 3 atom stereocenters. The Balaban J connectivity index is 2.79. The zero-order chi connectivity index (χ0) is 21.3. The Morgan fingerprint density at radius 3 is 2.46 bits per heavy atom. The Kier molecular flexibility index (Phi) is 9.73. The third-order valence-corrected chi connectivity index (χ3v) is 4.86.